The molecule has 0 radical (unpaired) electrons. The zero-order valence-corrected chi connectivity index (χ0v) is 10.9. The first kappa shape index (κ1) is 12.2. The first-order chi connectivity index (χ1) is 8.85. The number of aliphatic hydroxyl groups excluding tert-OH is 1. The molecule has 98 valence electrons. The molecular weight excluding hydrogens is 222 g/mol. The fourth-order valence-electron chi connectivity index (χ4n) is 3.79. The van der Waals surface area contributed by atoms with Gasteiger partial charge in [-0.2, -0.15) is 0 Å². The first-order valence-corrected chi connectivity index (χ1v) is 7.24. The highest BCUT2D eigenvalue weighted by Crippen LogP contribution is 2.47. The fraction of sp³-hybridized carbons (Fsp3) is 0.625. The summed E-state index contributed by atoms with van der Waals surface area (Å²) < 4.78 is 0. The normalized spacial score (nSPS) is 29.9. The molecule has 2 bridgehead atoms. The molecule has 3 rings (SSSR count). The summed E-state index contributed by atoms with van der Waals surface area (Å²) in [6, 6.07) is 8.24. The maximum Gasteiger partial charge on any atom is 0.0681 e. The zero-order valence-electron chi connectivity index (χ0n) is 10.9. The van der Waals surface area contributed by atoms with Crippen LogP contribution in [0.5, 0.6) is 0 Å². The Morgan fingerprint density at radius 1 is 1.06 bits per heavy atom. The van der Waals surface area contributed by atoms with Gasteiger partial charge in [0.1, 0.15) is 0 Å². The van der Waals surface area contributed by atoms with Gasteiger partial charge >= 0.3 is 0 Å². The summed E-state index contributed by atoms with van der Waals surface area (Å²) in [4.78, 5) is 0. The van der Waals surface area contributed by atoms with Crippen LogP contribution in [-0.4, -0.2) is 11.7 Å². The van der Waals surface area contributed by atoms with Crippen molar-refractivity contribution in [3.05, 3.63) is 35.4 Å². The predicted octanol–water partition coefficient (Wildman–Crippen LogP) is 2.70. The summed E-state index contributed by atoms with van der Waals surface area (Å²) in [5.41, 5.74) is 2.31. The van der Waals surface area contributed by atoms with Crippen LogP contribution in [0.1, 0.15) is 36.8 Å². The molecule has 3 atom stereocenters. The third-order valence-corrected chi connectivity index (χ3v) is 4.83. The molecule has 2 aliphatic carbocycles. The lowest BCUT2D eigenvalue weighted by Gasteiger charge is -2.21. The van der Waals surface area contributed by atoms with Gasteiger partial charge in [0.2, 0.25) is 0 Å². The summed E-state index contributed by atoms with van der Waals surface area (Å²) in [5.74, 6) is 2.99. The van der Waals surface area contributed by atoms with E-state index in [1.54, 1.807) is 0 Å². The lowest BCUT2D eigenvalue weighted by atomic mass is 9.89. The lowest BCUT2D eigenvalue weighted by molar-refractivity contribution is 0.282. The fourth-order valence-corrected chi connectivity index (χ4v) is 3.79. The summed E-state index contributed by atoms with van der Waals surface area (Å²) in [5, 5.41) is 12.6. The van der Waals surface area contributed by atoms with Crippen molar-refractivity contribution in [3.8, 4) is 0 Å². The quantitative estimate of drug-likeness (QED) is 0.836. The highest BCUT2D eigenvalue weighted by atomic mass is 16.3. The van der Waals surface area contributed by atoms with E-state index in [4.69, 9.17) is 5.11 Å². The maximum atomic E-state index is 8.99. The van der Waals surface area contributed by atoms with Crippen molar-refractivity contribution in [1.82, 2.24) is 5.32 Å². The number of nitrogens with one attached hydrogen (secondary N) is 1. The summed E-state index contributed by atoms with van der Waals surface area (Å²) >= 11 is 0. The molecular formula is C16H23NO. The molecule has 0 spiro atoms. The Balaban J connectivity index is 1.44. The third-order valence-electron chi connectivity index (χ3n) is 4.83. The molecule has 0 aliphatic heterocycles. The van der Waals surface area contributed by atoms with Crippen molar-refractivity contribution in [2.24, 2.45) is 17.8 Å². The summed E-state index contributed by atoms with van der Waals surface area (Å²) in [7, 11) is 0. The van der Waals surface area contributed by atoms with Gasteiger partial charge in [-0.05, 0) is 54.7 Å². The van der Waals surface area contributed by atoms with E-state index < -0.39 is 0 Å². The maximum absolute atomic E-state index is 8.99. The Morgan fingerprint density at radius 2 is 1.83 bits per heavy atom. The van der Waals surface area contributed by atoms with Gasteiger partial charge in [0, 0.05) is 6.54 Å². The van der Waals surface area contributed by atoms with E-state index in [0.717, 1.165) is 29.9 Å². The van der Waals surface area contributed by atoms with E-state index in [2.05, 4.69) is 17.4 Å². The van der Waals surface area contributed by atoms with Crippen LogP contribution in [0.4, 0.5) is 0 Å². The number of fused-ring (bicyclic) bond motifs is 2. The molecule has 3 unspecified atom stereocenters. The van der Waals surface area contributed by atoms with E-state index in [9.17, 15) is 0 Å². The Hall–Kier alpha value is -0.860. The van der Waals surface area contributed by atoms with Gasteiger partial charge in [-0.3, -0.25) is 0 Å². The molecule has 2 N–H and O–H groups in total. The molecule has 2 heteroatoms. The van der Waals surface area contributed by atoms with Crippen LogP contribution in [0.3, 0.4) is 0 Å². The minimum atomic E-state index is 0.138. The van der Waals surface area contributed by atoms with Crippen LogP contribution in [0.25, 0.3) is 0 Å². The zero-order chi connectivity index (χ0) is 12.4. The van der Waals surface area contributed by atoms with Crippen LogP contribution >= 0.6 is 0 Å². The molecule has 2 saturated carbocycles. The minimum absolute atomic E-state index is 0.138. The molecule has 2 fully saturated rings. The van der Waals surface area contributed by atoms with Gasteiger partial charge < -0.3 is 10.4 Å². The molecule has 2 aliphatic rings. The van der Waals surface area contributed by atoms with Crippen LogP contribution in [0, 0.1) is 17.8 Å². The van der Waals surface area contributed by atoms with Gasteiger partial charge in [-0.25, -0.2) is 0 Å². The molecule has 0 aromatic heterocycles. The second-order valence-electron chi connectivity index (χ2n) is 6.04. The van der Waals surface area contributed by atoms with Crippen molar-refractivity contribution in [1.29, 1.82) is 0 Å². The van der Waals surface area contributed by atoms with Gasteiger partial charge in [0.25, 0.3) is 0 Å². The topological polar surface area (TPSA) is 32.3 Å². The monoisotopic (exact) mass is 245 g/mol. The van der Waals surface area contributed by atoms with E-state index in [1.165, 1.54) is 37.8 Å². The summed E-state index contributed by atoms with van der Waals surface area (Å²) in [6.45, 7) is 2.28. The van der Waals surface area contributed by atoms with Gasteiger partial charge in [0.15, 0.2) is 0 Å². The van der Waals surface area contributed by atoms with Crippen molar-refractivity contribution >= 4 is 0 Å². The predicted molar refractivity (Wildman–Crippen MR) is 73.0 cm³/mol. The number of aliphatic hydroxyl groups is 1. The molecule has 1 aromatic carbocycles. The minimum Gasteiger partial charge on any atom is -0.392 e. The largest absolute Gasteiger partial charge is 0.392 e. The standard InChI is InChI=1S/C16H23NO/c18-11-13-3-1-12(2-4-13)9-17-10-16-8-14-5-6-15(16)7-14/h1-4,14-18H,5-11H2. The van der Waals surface area contributed by atoms with Crippen molar-refractivity contribution < 1.29 is 5.11 Å². The first-order valence-electron chi connectivity index (χ1n) is 7.24. The highest BCUT2D eigenvalue weighted by Gasteiger charge is 2.38. The van der Waals surface area contributed by atoms with Gasteiger partial charge in [-0.1, -0.05) is 30.7 Å². The summed E-state index contributed by atoms with van der Waals surface area (Å²) in [6.07, 6.45) is 5.92. The molecule has 1 aromatic rings. The lowest BCUT2D eigenvalue weighted by Crippen LogP contribution is -2.26. The van der Waals surface area contributed by atoms with Crippen molar-refractivity contribution in [2.75, 3.05) is 6.54 Å². The molecule has 2 nitrogen and oxygen atoms in total. The Morgan fingerprint density at radius 3 is 2.44 bits per heavy atom. The van der Waals surface area contributed by atoms with Gasteiger partial charge in [0.05, 0.1) is 6.61 Å². The van der Waals surface area contributed by atoms with Crippen LogP contribution < -0.4 is 5.32 Å². The average Bonchev–Trinajstić information content (AvgIpc) is 3.02. The highest BCUT2D eigenvalue weighted by molar-refractivity contribution is 5.21. The van der Waals surface area contributed by atoms with E-state index in [1.807, 2.05) is 12.1 Å². The third kappa shape index (κ3) is 2.60. The smallest absolute Gasteiger partial charge is 0.0681 e. The Bertz CT molecular complexity index is 387. The van der Waals surface area contributed by atoms with Crippen LogP contribution in [0.15, 0.2) is 24.3 Å². The molecule has 0 heterocycles. The molecule has 18 heavy (non-hydrogen) atoms. The molecule has 0 saturated heterocycles. The average molecular weight is 245 g/mol. The number of benzene rings is 1. The van der Waals surface area contributed by atoms with Crippen LogP contribution in [-0.2, 0) is 13.2 Å². The second kappa shape index (κ2) is 5.41. The van der Waals surface area contributed by atoms with Crippen LogP contribution in [0.2, 0.25) is 0 Å². The number of hydrogen-bond acceptors (Lipinski definition) is 2. The van der Waals surface area contributed by atoms with E-state index >= 15 is 0 Å². The van der Waals surface area contributed by atoms with Crippen molar-refractivity contribution in [3.63, 3.8) is 0 Å². The number of hydrogen-bond donors (Lipinski definition) is 2. The van der Waals surface area contributed by atoms with E-state index in [0.29, 0.717) is 0 Å². The Kier molecular flexibility index (Phi) is 3.67. The molecule has 0 amide bonds. The van der Waals surface area contributed by atoms with Crippen molar-refractivity contribution in [2.45, 2.75) is 38.8 Å². The Labute approximate surface area is 109 Å². The second-order valence-corrected chi connectivity index (χ2v) is 6.04. The number of rotatable bonds is 5. The van der Waals surface area contributed by atoms with E-state index in [-0.39, 0.29) is 6.61 Å². The van der Waals surface area contributed by atoms with Gasteiger partial charge in [-0.15, -0.1) is 0 Å². The SMILES string of the molecule is OCc1ccc(CNCC2CC3CCC2C3)cc1.